The monoisotopic (exact) mass is 304 g/mol. The van der Waals surface area contributed by atoms with Crippen molar-refractivity contribution in [2.45, 2.75) is 39.1 Å². The van der Waals surface area contributed by atoms with Gasteiger partial charge in [-0.25, -0.2) is 13.1 Å². The first-order valence-corrected chi connectivity index (χ1v) is 8.14. The van der Waals surface area contributed by atoms with Crippen molar-refractivity contribution in [3.05, 3.63) is 17.1 Å². The Morgan fingerprint density at radius 3 is 2.50 bits per heavy atom. The summed E-state index contributed by atoms with van der Waals surface area (Å²) in [6.45, 7) is 8.71. The van der Waals surface area contributed by atoms with Crippen molar-refractivity contribution in [3.63, 3.8) is 0 Å². The molecule has 0 unspecified atom stereocenters. The summed E-state index contributed by atoms with van der Waals surface area (Å²) in [5.74, 6) is 1.33. The molecule has 3 N–H and O–H groups in total. The van der Waals surface area contributed by atoms with E-state index < -0.39 is 10.0 Å². The summed E-state index contributed by atoms with van der Waals surface area (Å²) < 4.78 is 37.7. The lowest BCUT2D eigenvalue weighted by atomic mass is 10.2. The van der Waals surface area contributed by atoms with Crippen LogP contribution in [-0.4, -0.2) is 28.2 Å². The van der Waals surface area contributed by atoms with E-state index in [0.717, 1.165) is 0 Å². The molecule has 116 valence electrons. The van der Waals surface area contributed by atoms with Crippen molar-refractivity contribution in [1.29, 1.82) is 0 Å². The van der Waals surface area contributed by atoms with Crippen LogP contribution in [0.1, 0.15) is 30.9 Å². The third kappa shape index (κ3) is 4.31. The maximum Gasteiger partial charge on any atom is 0.244 e. The zero-order valence-electron chi connectivity index (χ0n) is 12.5. The molecule has 0 radical (unpaired) electrons. The Labute approximate surface area is 120 Å². The van der Waals surface area contributed by atoms with Crippen LogP contribution in [-0.2, 0) is 21.3 Å². The molecule has 7 heteroatoms. The van der Waals surface area contributed by atoms with Gasteiger partial charge in [0, 0.05) is 25.3 Å². The molecule has 20 heavy (non-hydrogen) atoms. The minimum atomic E-state index is -3.62. The highest BCUT2D eigenvalue weighted by Gasteiger charge is 2.25. The molecule has 0 amide bonds. The molecule has 1 aromatic rings. The zero-order valence-corrected chi connectivity index (χ0v) is 13.3. The van der Waals surface area contributed by atoms with Gasteiger partial charge in [-0.3, -0.25) is 0 Å². The first-order valence-electron chi connectivity index (χ1n) is 6.66. The SMILES string of the molecule is Cc1oc(C)c(S(=O)(=O)NCCOCC(C)C)c1CN. The van der Waals surface area contributed by atoms with Crippen LogP contribution in [0.2, 0.25) is 0 Å². The molecule has 0 atom stereocenters. The van der Waals surface area contributed by atoms with Gasteiger partial charge in [0.25, 0.3) is 0 Å². The fraction of sp³-hybridized carbons (Fsp3) is 0.692. The number of nitrogens with two attached hydrogens (primary N) is 1. The summed E-state index contributed by atoms with van der Waals surface area (Å²) >= 11 is 0. The minimum absolute atomic E-state index is 0.128. The van der Waals surface area contributed by atoms with Gasteiger partial charge in [0.2, 0.25) is 10.0 Å². The van der Waals surface area contributed by atoms with Crippen LogP contribution < -0.4 is 10.5 Å². The van der Waals surface area contributed by atoms with Crippen molar-refractivity contribution in [2.75, 3.05) is 19.8 Å². The largest absolute Gasteiger partial charge is 0.465 e. The number of aryl methyl sites for hydroxylation is 2. The van der Waals surface area contributed by atoms with Gasteiger partial charge >= 0.3 is 0 Å². The summed E-state index contributed by atoms with van der Waals surface area (Å²) in [4.78, 5) is 0.154. The van der Waals surface area contributed by atoms with E-state index in [-0.39, 0.29) is 18.0 Å². The Morgan fingerprint density at radius 2 is 1.95 bits per heavy atom. The highest BCUT2D eigenvalue weighted by Crippen LogP contribution is 2.25. The van der Waals surface area contributed by atoms with Gasteiger partial charge in [0.1, 0.15) is 16.4 Å². The Morgan fingerprint density at radius 1 is 1.30 bits per heavy atom. The van der Waals surface area contributed by atoms with Gasteiger partial charge in [-0.1, -0.05) is 13.8 Å². The van der Waals surface area contributed by atoms with Crippen molar-refractivity contribution in [2.24, 2.45) is 11.7 Å². The van der Waals surface area contributed by atoms with E-state index in [1.54, 1.807) is 13.8 Å². The second-order valence-corrected chi connectivity index (χ2v) is 6.80. The van der Waals surface area contributed by atoms with Crippen LogP contribution in [0.15, 0.2) is 9.31 Å². The van der Waals surface area contributed by atoms with Crippen molar-refractivity contribution < 1.29 is 17.6 Å². The molecule has 6 nitrogen and oxygen atoms in total. The maximum absolute atomic E-state index is 12.3. The number of sulfonamides is 1. The third-order valence-electron chi connectivity index (χ3n) is 2.79. The lowest BCUT2D eigenvalue weighted by molar-refractivity contribution is 0.114. The van der Waals surface area contributed by atoms with Crippen LogP contribution in [0.25, 0.3) is 0 Å². The summed E-state index contributed by atoms with van der Waals surface area (Å²) in [6, 6.07) is 0. The van der Waals surface area contributed by atoms with Crippen LogP contribution in [0.3, 0.4) is 0 Å². The Kier molecular flexibility index (Phi) is 6.19. The Hall–Kier alpha value is -0.890. The summed E-state index contributed by atoms with van der Waals surface area (Å²) in [5.41, 5.74) is 6.12. The van der Waals surface area contributed by atoms with E-state index in [1.807, 2.05) is 13.8 Å². The van der Waals surface area contributed by atoms with Crippen LogP contribution in [0, 0.1) is 19.8 Å². The molecule has 1 aromatic heterocycles. The van der Waals surface area contributed by atoms with Crippen molar-refractivity contribution in [1.82, 2.24) is 4.72 Å². The zero-order chi connectivity index (χ0) is 15.3. The molecule has 0 saturated heterocycles. The predicted octanol–water partition coefficient (Wildman–Crippen LogP) is 1.31. The molecule has 0 saturated carbocycles. The number of hydrogen-bond acceptors (Lipinski definition) is 5. The van der Waals surface area contributed by atoms with Crippen molar-refractivity contribution >= 4 is 10.0 Å². The first-order chi connectivity index (χ1) is 9.29. The smallest absolute Gasteiger partial charge is 0.244 e. The highest BCUT2D eigenvalue weighted by molar-refractivity contribution is 7.89. The molecule has 1 heterocycles. The lowest BCUT2D eigenvalue weighted by Crippen LogP contribution is -2.29. The average molecular weight is 304 g/mol. The fourth-order valence-electron chi connectivity index (χ4n) is 1.94. The van der Waals surface area contributed by atoms with Gasteiger partial charge in [0.15, 0.2) is 0 Å². The molecule has 0 aliphatic heterocycles. The molecule has 0 aromatic carbocycles. The second-order valence-electron chi connectivity index (χ2n) is 5.09. The second kappa shape index (κ2) is 7.21. The lowest BCUT2D eigenvalue weighted by Gasteiger charge is -2.09. The molecular formula is C13H24N2O4S. The van der Waals surface area contributed by atoms with Gasteiger partial charge in [0.05, 0.1) is 6.61 Å². The summed E-state index contributed by atoms with van der Waals surface area (Å²) in [6.07, 6.45) is 0. The van der Waals surface area contributed by atoms with Crippen molar-refractivity contribution in [3.8, 4) is 0 Å². The summed E-state index contributed by atoms with van der Waals surface area (Å²) in [7, 11) is -3.62. The van der Waals surface area contributed by atoms with Gasteiger partial charge < -0.3 is 14.9 Å². The van der Waals surface area contributed by atoms with Gasteiger partial charge in [-0.2, -0.15) is 0 Å². The maximum atomic E-state index is 12.3. The molecule has 0 bridgehead atoms. The van der Waals surface area contributed by atoms with Crippen LogP contribution >= 0.6 is 0 Å². The normalized spacial score (nSPS) is 12.3. The van der Waals surface area contributed by atoms with Gasteiger partial charge in [-0.05, 0) is 19.8 Å². The topological polar surface area (TPSA) is 94.6 Å². The molecule has 0 aliphatic carbocycles. The van der Waals surface area contributed by atoms with E-state index in [4.69, 9.17) is 14.9 Å². The first kappa shape index (κ1) is 17.2. The molecule has 1 rings (SSSR count). The highest BCUT2D eigenvalue weighted by atomic mass is 32.2. The number of nitrogens with one attached hydrogen (secondary N) is 1. The molecule has 0 fully saturated rings. The molecular weight excluding hydrogens is 280 g/mol. The third-order valence-corrected chi connectivity index (χ3v) is 4.44. The standard InChI is InChI=1S/C13H24N2O4S/c1-9(2)8-18-6-5-15-20(16,17)13-11(4)19-10(3)12(13)7-14/h9,15H,5-8,14H2,1-4H3. The van der Waals surface area contributed by atoms with E-state index in [9.17, 15) is 8.42 Å². The van der Waals surface area contributed by atoms with Crippen LogP contribution in [0.4, 0.5) is 0 Å². The number of furan rings is 1. The Bertz CT molecular complexity index is 535. The van der Waals surface area contributed by atoms with E-state index in [0.29, 0.717) is 36.2 Å². The molecule has 0 aliphatic rings. The average Bonchev–Trinajstić information content (AvgIpc) is 2.63. The minimum Gasteiger partial charge on any atom is -0.465 e. The Balaban J connectivity index is 2.70. The van der Waals surface area contributed by atoms with E-state index in [2.05, 4.69) is 4.72 Å². The van der Waals surface area contributed by atoms with Gasteiger partial charge in [-0.15, -0.1) is 0 Å². The van der Waals surface area contributed by atoms with Crippen LogP contribution in [0.5, 0.6) is 0 Å². The molecule has 0 spiro atoms. The van der Waals surface area contributed by atoms with E-state index >= 15 is 0 Å². The number of ether oxygens (including phenoxy) is 1. The summed E-state index contributed by atoms with van der Waals surface area (Å²) in [5, 5.41) is 0. The number of rotatable bonds is 8. The number of hydrogen-bond donors (Lipinski definition) is 2. The predicted molar refractivity (Wildman–Crippen MR) is 76.9 cm³/mol. The fourth-order valence-corrected chi connectivity index (χ4v) is 3.41. The van der Waals surface area contributed by atoms with E-state index in [1.165, 1.54) is 0 Å². The quantitative estimate of drug-likeness (QED) is 0.706.